The van der Waals surface area contributed by atoms with Crippen LogP contribution in [-0.2, 0) is 15.0 Å². The van der Waals surface area contributed by atoms with Crippen LogP contribution in [0.25, 0.3) is 15.3 Å². The molecule has 6 rings (SSSR count). The Labute approximate surface area is 181 Å². The van der Waals surface area contributed by atoms with Crippen molar-refractivity contribution >= 4 is 44.9 Å². The van der Waals surface area contributed by atoms with Crippen LogP contribution >= 0.6 is 11.3 Å². The SMILES string of the molecule is C=CCN1C(=O)[C@@]2(CC(=O)Nc3c2cnn3-c2nc3ccccc3s2)c2ccccc21. The molecule has 2 amide bonds. The summed E-state index contributed by atoms with van der Waals surface area (Å²) in [5, 5.41) is 8.13. The van der Waals surface area contributed by atoms with Gasteiger partial charge in [-0.15, -0.1) is 6.58 Å². The van der Waals surface area contributed by atoms with Crippen LogP contribution in [0, 0.1) is 0 Å². The van der Waals surface area contributed by atoms with Crippen molar-refractivity contribution in [3.8, 4) is 5.13 Å². The van der Waals surface area contributed by atoms with Crippen LogP contribution < -0.4 is 10.2 Å². The second kappa shape index (κ2) is 6.36. The Balaban J connectivity index is 1.59. The van der Waals surface area contributed by atoms with Gasteiger partial charge in [-0.3, -0.25) is 9.59 Å². The molecule has 2 aromatic carbocycles. The van der Waals surface area contributed by atoms with Crippen molar-refractivity contribution in [3.63, 3.8) is 0 Å². The molecule has 7 nitrogen and oxygen atoms in total. The van der Waals surface area contributed by atoms with E-state index in [0.717, 1.165) is 21.5 Å². The molecule has 0 fully saturated rings. The quantitative estimate of drug-likeness (QED) is 0.506. The Morgan fingerprint density at radius 1 is 1.13 bits per heavy atom. The van der Waals surface area contributed by atoms with E-state index in [1.165, 1.54) is 11.3 Å². The van der Waals surface area contributed by atoms with Crippen molar-refractivity contribution in [2.75, 3.05) is 16.8 Å². The van der Waals surface area contributed by atoms with E-state index in [1.807, 2.05) is 48.5 Å². The lowest BCUT2D eigenvalue weighted by atomic mass is 9.72. The van der Waals surface area contributed by atoms with Gasteiger partial charge in [0.15, 0.2) is 0 Å². The Bertz CT molecular complexity index is 1370. The Hall–Kier alpha value is -3.78. The molecule has 4 heterocycles. The van der Waals surface area contributed by atoms with Gasteiger partial charge in [-0.25, -0.2) is 4.98 Å². The van der Waals surface area contributed by atoms with Gasteiger partial charge in [0.05, 0.1) is 16.4 Å². The molecule has 0 radical (unpaired) electrons. The fourth-order valence-corrected chi connectivity index (χ4v) is 5.59. The third-order valence-electron chi connectivity index (χ3n) is 5.95. The highest BCUT2D eigenvalue weighted by atomic mass is 32.1. The van der Waals surface area contributed by atoms with Gasteiger partial charge in [0.25, 0.3) is 0 Å². The summed E-state index contributed by atoms with van der Waals surface area (Å²) in [5.74, 6) is 0.145. The van der Waals surface area contributed by atoms with Gasteiger partial charge in [0.1, 0.15) is 11.2 Å². The predicted octanol–water partition coefficient (Wildman–Crippen LogP) is 3.64. The number of fused-ring (bicyclic) bond motifs is 5. The smallest absolute Gasteiger partial charge is 0.243 e. The van der Waals surface area contributed by atoms with Crippen LogP contribution in [0.5, 0.6) is 0 Å². The van der Waals surface area contributed by atoms with E-state index in [2.05, 4.69) is 22.0 Å². The monoisotopic (exact) mass is 427 g/mol. The molecule has 4 aromatic rings. The number of hydrogen-bond donors (Lipinski definition) is 1. The molecule has 1 spiro atoms. The van der Waals surface area contributed by atoms with Gasteiger partial charge in [0, 0.05) is 24.2 Å². The van der Waals surface area contributed by atoms with Crippen molar-refractivity contribution in [3.05, 3.63) is 78.5 Å². The third kappa shape index (κ3) is 2.33. The first-order valence-electron chi connectivity index (χ1n) is 9.90. The summed E-state index contributed by atoms with van der Waals surface area (Å²) in [6.07, 6.45) is 3.42. The lowest BCUT2D eigenvalue weighted by Crippen LogP contribution is -2.46. The van der Waals surface area contributed by atoms with E-state index >= 15 is 0 Å². The van der Waals surface area contributed by atoms with Crippen LogP contribution in [0.15, 0.2) is 67.4 Å². The van der Waals surface area contributed by atoms with E-state index < -0.39 is 5.41 Å². The van der Waals surface area contributed by atoms with Crippen LogP contribution in [0.2, 0.25) is 0 Å². The fraction of sp³-hybridized carbons (Fsp3) is 0.130. The van der Waals surface area contributed by atoms with Gasteiger partial charge in [-0.05, 0) is 23.8 Å². The lowest BCUT2D eigenvalue weighted by molar-refractivity contribution is -0.126. The summed E-state index contributed by atoms with van der Waals surface area (Å²) >= 11 is 1.48. The van der Waals surface area contributed by atoms with E-state index in [4.69, 9.17) is 0 Å². The minimum atomic E-state index is -1.10. The Morgan fingerprint density at radius 3 is 2.77 bits per heavy atom. The zero-order valence-corrected chi connectivity index (χ0v) is 17.2. The average Bonchev–Trinajstić information content (AvgIpc) is 3.45. The highest BCUT2D eigenvalue weighted by Gasteiger charge is 2.56. The van der Waals surface area contributed by atoms with Crippen molar-refractivity contribution < 1.29 is 9.59 Å². The molecule has 152 valence electrons. The van der Waals surface area contributed by atoms with E-state index in [1.54, 1.807) is 21.9 Å². The normalized spacial score (nSPS) is 19.5. The maximum absolute atomic E-state index is 13.8. The molecule has 2 aromatic heterocycles. The largest absolute Gasteiger partial charge is 0.310 e. The maximum Gasteiger partial charge on any atom is 0.243 e. The summed E-state index contributed by atoms with van der Waals surface area (Å²) < 4.78 is 2.66. The summed E-state index contributed by atoms with van der Waals surface area (Å²) in [4.78, 5) is 33.0. The number of carbonyl (C=O) groups is 2. The number of benzene rings is 2. The molecular weight excluding hydrogens is 410 g/mol. The number of para-hydroxylation sites is 2. The van der Waals surface area contributed by atoms with Crippen molar-refractivity contribution in [1.29, 1.82) is 0 Å². The second-order valence-electron chi connectivity index (χ2n) is 7.63. The van der Waals surface area contributed by atoms with Crippen molar-refractivity contribution in [2.45, 2.75) is 11.8 Å². The summed E-state index contributed by atoms with van der Waals surface area (Å²) in [7, 11) is 0. The number of hydrogen-bond acceptors (Lipinski definition) is 5. The van der Waals surface area contributed by atoms with E-state index in [0.29, 0.717) is 23.1 Å². The van der Waals surface area contributed by atoms with Gasteiger partial charge in [0.2, 0.25) is 16.9 Å². The van der Waals surface area contributed by atoms with Gasteiger partial charge in [-0.1, -0.05) is 47.7 Å². The Kier molecular flexibility index (Phi) is 3.70. The number of rotatable bonds is 3. The number of nitrogens with one attached hydrogen (secondary N) is 1. The van der Waals surface area contributed by atoms with E-state index in [9.17, 15) is 9.59 Å². The predicted molar refractivity (Wildman–Crippen MR) is 120 cm³/mol. The zero-order valence-electron chi connectivity index (χ0n) is 16.4. The maximum atomic E-state index is 13.8. The summed E-state index contributed by atoms with van der Waals surface area (Å²) in [6.45, 7) is 4.17. The first kappa shape index (κ1) is 18.0. The molecule has 2 aliphatic heterocycles. The number of carbonyl (C=O) groups excluding carboxylic acids is 2. The molecule has 2 aliphatic rings. The van der Waals surface area contributed by atoms with Crippen molar-refractivity contribution in [1.82, 2.24) is 14.8 Å². The van der Waals surface area contributed by atoms with E-state index in [-0.39, 0.29) is 18.2 Å². The number of amides is 2. The number of aromatic nitrogens is 3. The number of anilines is 2. The topological polar surface area (TPSA) is 80.1 Å². The molecule has 8 heteroatoms. The van der Waals surface area contributed by atoms with Gasteiger partial charge in [-0.2, -0.15) is 9.78 Å². The number of nitrogens with zero attached hydrogens (tertiary/aromatic N) is 4. The molecule has 0 saturated carbocycles. The highest BCUT2D eigenvalue weighted by molar-refractivity contribution is 7.20. The molecule has 1 N–H and O–H groups in total. The summed E-state index contributed by atoms with van der Waals surface area (Å²) in [6, 6.07) is 15.5. The summed E-state index contributed by atoms with van der Waals surface area (Å²) in [5.41, 5.74) is 2.08. The second-order valence-corrected chi connectivity index (χ2v) is 8.64. The highest BCUT2D eigenvalue weighted by Crippen LogP contribution is 2.52. The van der Waals surface area contributed by atoms with Crippen LogP contribution in [0.4, 0.5) is 11.5 Å². The molecule has 0 saturated heterocycles. The minimum Gasteiger partial charge on any atom is -0.310 e. The van der Waals surface area contributed by atoms with Crippen molar-refractivity contribution in [2.24, 2.45) is 0 Å². The molecule has 31 heavy (non-hydrogen) atoms. The lowest BCUT2D eigenvalue weighted by Gasteiger charge is -2.32. The third-order valence-corrected chi connectivity index (χ3v) is 6.96. The molecule has 0 unspecified atom stereocenters. The molecule has 0 aliphatic carbocycles. The molecule has 1 atom stereocenters. The van der Waals surface area contributed by atoms with Crippen LogP contribution in [0.3, 0.4) is 0 Å². The van der Waals surface area contributed by atoms with Crippen LogP contribution in [0.1, 0.15) is 17.5 Å². The average molecular weight is 427 g/mol. The minimum absolute atomic E-state index is 0.0367. The van der Waals surface area contributed by atoms with Gasteiger partial charge >= 0.3 is 0 Å². The fourth-order valence-electron chi connectivity index (χ4n) is 4.66. The first-order valence-corrected chi connectivity index (χ1v) is 10.7. The molecular formula is C23H17N5O2S. The zero-order chi connectivity index (χ0) is 21.2. The Morgan fingerprint density at radius 2 is 1.94 bits per heavy atom. The number of thiazole rings is 1. The standard InChI is InChI=1S/C23H17N5O2S/c1-2-11-27-17-9-5-3-7-14(17)23(21(27)30)12-19(29)26-20-15(23)13-24-28(20)22-25-16-8-4-6-10-18(16)31-22/h2-10,13H,1,11-12H2,(H,26,29)/t23-/m0/s1. The van der Waals surface area contributed by atoms with Crippen LogP contribution in [-0.4, -0.2) is 33.1 Å². The molecule has 0 bridgehead atoms. The van der Waals surface area contributed by atoms with Gasteiger partial charge < -0.3 is 10.2 Å². The first-order chi connectivity index (χ1) is 15.1.